The second-order valence-corrected chi connectivity index (χ2v) is 7.17. The Hall–Kier alpha value is -1.24. The lowest BCUT2D eigenvalue weighted by atomic mass is 10.0. The molecule has 0 saturated carbocycles. The molecule has 1 aliphatic rings. The van der Waals surface area contributed by atoms with Crippen LogP contribution in [0.25, 0.3) is 10.2 Å². The summed E-state index contributed by atoms with van der Waals surface area (Å²) in [6.07, 6.45) is 1.08. The van der Waals surface area contributed by atoms with E-state index in [2.05, 4.69) is 21.8 Å². The molecule has 0 aliphatic carbocycles. The first-order valence-corrected chi connectivity index (χ1v) is 8.16. The maximum Gasteiger partial charge on any atom is 0.259 e. The van der Waals surface area contributed by atoms with Crippen LogP contribution in [0.15, 0.2) is 4.79 Å². The number of aromatic nitrogens is 2. The molecule has 1 saturated heterocycles. The van der Waals surface area contributed by atoms with Crippen LogP contribution in [0.5, 0.6) is 0 Å². The molecule has 3 heterocycles. The Bertz CT molecular complexity index is 722. The molecule has 114 valence electrons. The van der Waals surface area contributed by atoms with Gasteiger partial charge in [-0.05, 0) is 38.3 Å². The monoisotopic (exact) mass is 307 g/mol. The minimum absolute atomic E-state index is 0.0513. The van der Waals surface area contributed by atoms with Crippen molar-refractivity contribution in [3.05, 3.63) is 26.6 Å². The molecule has 1 aliphatic heterocycles. The number of aromatic amines is 1. The number of aliphatic hydroxyl groups is 1. The smallest absolute Gasteiger partial charge is 0.259 e. The van der Waals surface area contributed by atoms with Gasteiger partial charge in [0.2, 0.25) is 0 Å². The highest BCUT2D eigenvalue weighted by Crippen LogP contribution is 2.27. The molecular weight excluding hydrogens is 286 g/mol. The zero-order valence-corrected chi connectivity index (χ0v) is 13.5. The molecule has 2 aromatic heterocycles. The number of H-pyrrole nitrogens is 1. The SMILES string of the molecule is Cc1sc2nc(CN3CCC(C)C3CO)[nH]c(=O)c2c1C. The van der Waals surface area contributed by atoms with Crippen molar-refractivity contribution in [1.29, 1.82) is 0 Å². The molecule has 0 aromatic carbocycles. The van der Waals surface area contributed by atoms with Crippen molar-refractivity contribution in [2.24, 2.45) is 5.92 Å². The minimum Gasteiger partial charge on any atom is -0.395 e. The number of fused-ring (bicyclic) bond motifs is 1. The normalized spacial score (nSPS) is 23.2. The largest absolute Gasteiger partial charge is 0.395 e. The van der Waals surface area contributed by atoms with E-state index in [1.165, 1.54) is 0 Å². The zero-order valence-electron chi connectivity index (χ0n) is 12.6. The van der Waals surface area contributed by atoms with Gasteiger partial charge in [0.15, 0.2) is 0 Å². The number of nitrogens with zero attached hydrogens (tertiary/aromatic N) is 2. The van der Waals surface area contributed by atoms with Crippen LogP contribution in [0, 0.1) is 19.8 Å². The van der Waals surface area contributed by atoms with E-state index < -0.39 is 0 Å². The third-order valence-corrected chi connectivity index (χ3v) is 5.73. The van der Waals surface area contributed by atoms with Gasteiger partial charge in [-0.15, -0.1) is 11.3 Å². The van der Waals surface area contributed by atoms with Crippen molar-refractivity contribution < 1.29 is 5.11 Å². The molecule has 3 rings (SSSR count). The number of aliphatic hydroxyl groups excluding tert-OH is 1. The summed E-state index contributed by atoms with van der Waals surface area (Å²) >= 11 is 1.57. The highest BCUT2D eigenvalue weighted by Gasteiger charge is 2.30. The lowest BCUT2D eigenvalue weighted by Crippen LogP contribution is -2.35. The number of hydrogen-bond acceptors (Lipinski definition) is 5. The van der Waals surface area contributed by atoms with Gasteiger partial charge in [-0.3, -0.25) is 9.69 Å². The molecule has 2 atom stereocenters. The Morgan fingerprint density at radius 3 is 2.95 bits per heavy atom. The predicted molar refractivity (Wildman–Crippen MR) is 84.8 cm³/mol. The summed E-state index contributed by atoms with van der Waals surface area (Å²) in [4.78, 5) is 24.0. The Kier molecular flexibility index (Phi) is 3.86. The topological polar surface area (TPSA) is 69.2 Å². The summed E-state index contributed by atoms with van der Waals surface area (Å²) in [5.74, 6) is 1.18. The summed E-state index contributed by atoms with van der Waals surface area (Å²) < 4.78 is 0. The van der Waals surface area contributed by atoms with Gasteiger partial charge in [-0.2, -0.15) is 0 Å². The maximum absolute atomic E-state index is 12.3. The van der Waals surface area contributed by atoms with Crippen LogP contribution in [-0.4, -0.2) is 39.2 Å². The van der Waals surface area contributed by atoms with E-state index in [0.29, 0.717) is 18.3 Å². The third-order valence-electron chi connectivity index (χ3n) is 4.63. The number of likely N-dealkylation sites (tertiary alicyclic amines) is 1. The zero-order chi connectivity index (χ0) is 15.1. The summed E-state index contributed by atoms with van der Waals surface area (Å²) in [6, 6.07) is 0.165. The van der Waals surface area contributed by atoms with Gasteiger partial charge < -0.3 is 10.1 Å². The lowest BCUT2D eigenvalue weighted by Gasteiger charge is -2.24. The maximum atomic E-state index is 12.3. The van der Waals surface area contributed by atoms with Crippen LogP contribution in [0.1, 0.15) is 29.6 Å². The Morgan fingerprint density at radius 1 is 1.48 bits per heavy atom. The van der Waals surface area contributed by atoms with Crippen LogP contribution in [-0.2, 0) is 6.54 Å². The fourth-order valence-electron chi connectivity index (χ4n) is 3.15. The van der Waals surface area contributed by atoms with Gasteiger partial charge in [-0.1, -0.05) is 6.92 Å². The number of thiophene rings is 1. The van der Waals surface area contributed by atoms with Gasteiger partial charge in [0, 0.05) is 10.9 Å². The summed E-state index contributed by atoms with van der Waals surface area (Å²) in [5, 5.41) is 10.2. The van der Waals surface area contributed by atoms with Gasteiger partial charge in [-0.25, -0.2) is 4.98 Å². The van der Waals surface area contributed by atoms with Crippen molar-refractivity contribution in [3.8, 4) is 0 Å². The molecule has 0 amide bonds. The number of hydrogen-bond donors (Lipinski definition) is 2. The second kappa shape index (κ2) is 5.51. The van der Waals surface area contributed by atoms with Crippen molar-refractivity contribution in [2.75, 3.05) is 13.2 Å². The number of aryl methyl sites for hydroxylation is 2. The number of nitrogens with one attached hydrogen (secondary N) is 1. The first-order valence-electron chi connectivity index (χ1n) is 7.35. The van der Waals surface area contributed by atoms with E-state index in [-0.39, 0.29) is 18.2 Å². The number of rotatable bonds is 3. The molecule has 5 nitrogen and oxygen atoms in total. The first-order chi connectivity index (χ1) is 10.0. The highest BCUT2D eigenvalue weighted by atomic mass is 32.1. The van der Waals surface area contributed by atoms with Crippen LogP contribution in [0.2, 0.25) is 0 Å². The molecule has 1 fully saturated rings. The van der Waals surface area contributed by atoms with Crippen LogP contribution in [0.3, 0.4) is 0 Å². The minimum atomic E-state index is -0.0513. The third kappa shape index (κ3) is 2.52. The highest BCUT2D eigenvalue weighted by molar-refractivity contribution is 7.18. The molecule has 0 bridgehead atoms. The van der Waals surface area contributed by atoms with Gasteiger partial charge in [0.25, 0.3) is 5.56 Å². The molecule has 21 heavy (non-hydrogen) atoms. The van der Waals surface area contributed by atoms with Gasteiger partial charge in [0.1, 0.15) is 10.7 Å². The van der Waals surface area contributed by atoms with Crippen LogP contribution in [0.4, 0.5) is 0 Å². The first kappa shape index (κ1) is 14.7. The summed E-state index contributed by atoms with van der Waals surface area (Å²) in [6.45, 7) is 7.84. The van der Waals surface area contributed by atoms with Crippen molar-refractivity contribution in [2.45, 2.75) is 39.8 Å². The van der Waals surface area contributed by atoms with E-state index in [4.69, 9.17) is 0 Å². The fraction of sp³-hybridized carbons (Fsp3) is 0.600. The van der Waals surface area contributed by atoms with Crippen molar-refractivity contribution >= 4 is 21.6 Å². The van der Waals surface area contributed by atoms with E-state index in [0.717, 1.165) is 33.6 Å². The molecule has 2 N–H and O–H groups in total. The second-order valence-electron chi connectivity index (χ2n) is 5.96. The molecule has 2 aromatic rings. The average Bonchev–Trinajstić information content (AvgIpc) is 2.91. The van der Waals surface area contributed by atoms with E-state index in [1.54, 1.807) is 11.3 Å². The van der Waals surface area contributed by atoms with Crippen LogP contribution < -0.4 is 5.56 Å². The molecule has 0 radical (unpaired) electrons. The molecular formula is C15H21N3O2S. The van der Waals surface area contributed by atoms with Gasteiger partial charge >= 0.3 is 0 Å². The summed E-state index contributed by atoms with van der Waals surface area (Å²) in [5.41, 5.74) is 0.975. The standard InChI is InChI=1S/C15H21N3O2S/c1-8-4-5-18(11(8)7-19)6-12-16-14(20)13-9(2)10(3)21-15(13)17-12/h8,11,19H,4-7H2,1-3H3,(H,16,17,20). The predicted octanol–water partition coefficient (Wildman–Crippen LogP) is 1.80. The summed E-state index contributed by atoms with van der Waals surface area (Å²) in [7, 11) is 0. The molecule has 2 unspecified atom stereocenters. The fourth-order valence-corrected chi connectivity index (χ4v) is 4.19. The average molecular weight is 307 g/mol. The van der Waals surface area contributed by atoms with E-state index >= 15 is 0 Å². The van der Waals surface area contributed by atoms with Crippen molar-refractivity contribution in [3.63, 3.8) is 0 Å². The lowest BCUT2D eigenvalue weighted by molar-refractivity contribution is 0.132. The molecule has 0 spiro atoms. The quantitative estimate of drug-likeness (QED) is 0.907. The molecule has 6 heteroatoms. The Morgan fingerprint density at radius 2 is 2.24 bits per heavy atom. The van der Waals surface area contributed by atoms with E-state index in [9.17, 15) is 9.90 Å². The van der Waals surface area contributed by atoms with Gasteiger partial charge in [0.05, 0.1) is 18.5 Å². The van der Waals surface area contributed by atoms with Crippen LogP contribution >= 0.6 is 11.3 Å². The van der Waals surface area contributed by atoms with E-state index in [1.807, 2.05) is 13.8 Å². The van der Waals surface area contributed by atoms with Crippen molar-refractivity contribution in [1.82, 2.24) is 14.9 Å². The Labute approximate surface area is 127 Å². The Balaban J connectivity index is 1.93.